The van der Waals surface area contributed by atoms with Crippen molar-refractivity contribution in [1.29, 1.82) is 0 Å². The molecule has 0 atom stereocenters. The van der Waals surface area contributed by atoms with E-state index in [1.807, 2.05) is 78.2 Å². The van der Waals surface area contributed by atoms with Gasteiger partial charge >= 0.3 is 0 Å². The minimum Gasteiger partial charge on any atom is -0.301 e. The number of thiazole rings is 1. The number of hydrogen-bond donors (Lipinski definition) is 1. The fraction of sp³-hybridized carbons (Fsp3) is 0.111. The number of benzene rings is 3. The maximum atomic E-state index is 12.7. The summed E-state index contributed by atoms with van der Waals surface area (Å²) < 4.78 is 1.99. The minimum absolute atomic E-state index is 0.146. The van der Waals surface area contributed by atoms with Crippen LogP contribution >= 0.6 is 34.7 Å². The molecule has 0 unspecified atom stereocenters. The van der Waals surface area contributed by atoms with Crippen molar-refractivity contribution >= 4 is 45.7 Å². The SMILES string of the molecule is Cc1ccc(-n2c(SCC(=O)Nc3ncc(Cc4ccc(Cl)cc4)s3)nnc2-c2ccccc2)cc1. The molecule has 0 aliphatic heterocycles. The van der Waals surface area contributed by atoms with Crippen molar-refractivity contribution in [3.8, 4) is 17.1 Å². The molecule has 0 radical (unpaired) electrons. The van der Waals surface area contributed by atoms with Gasteiger partial charge in [0.1, 0.15) is 0 Å². The Balaban J connectivity index is 1.28. The molecule has 9 heteroatoms. The van der Waals surface area contributed by atoms with E-state index in [1.165, 1.54) is 28.7 Å². The predicted molar refractivity (Wildman–Crippen MR) is 147 cm³/mol. The van der Waals surface area contributed by atoms with E-state index in [-0.39, 0.29) is 11.7 Å². The summed E-state index contributed by atoms with van der Waals surface area (Å²) >= 11 is 8.77. The van der Waals surface area contributed by atoms with Gasteiger partial charge in [-0.1, -0.05) is 83.5 Å². The molecule has 0 bridgehead atoms. The van der Waals surface area contributed by atoms with E-state index in [0.29, 0.717) is 15.3 Å². The van der Waals surface area contributed by atoms with Crippen LogP contribution in [0.25, 0.3) is 17.1 Å². The van der Waals surface area contributed by atoms with Crippen LogP contribution in [0.5, 0.6) is 0 Å². The Morgan fingerprint density at radius 3 is 2.50 bits per heavy atom. The van der Waals surface area contributed by atoms with Gasteiger partial charge in [-0.25, -0.2) is 4.98 Å². The van der Waals surface area contributed by atoms with E-state index in [2.05, 4.69) is 32.6 Å². The summed E-state index contributed by atoms with van der Waals surface area (Å²) in [5, 5.41) is 13.7. The van der Waals surface area contributed by atoms with Crippen LogP contribution in [0.3, 0.4) is 0 Å². The van der Waals surface area contributed by atoms with Gasteiger partial charge in [-0.3, -0.25) is 9.36 Å². The second-order valence-electron chi connectivity index (χ2n) is 8.11. The molecular formula is C27H22ClN5OS2. The van der Waals surface area contributed by atoms with Crippen molar-refractivity contribution in [2.45, 2.75) is 18.5 Å². The van der Waals surface area contributed by atoms with Crippen molar-refractivity contribution in [1.82, 2.24) is 19.7 Å². The highest BCUT2D eigenvalue weighted by Crippen LogP contribution is 2.28. The number of aryl methyl sites for hydroxylation is 1. The normalized spacial score (nSPS) is 10.9. The monoisotopic (exact) mass is 531 g/mol. The summed E-state index contributed by atoms with van der Waals surface area (Å²) in [6, 6.07) is 25.8. The maximum Gasteiger partial charge on any atom is 0.236 e. The lowest BCUT2D eigenvalue weighted by molar-refractivity contribution is -0.113. The topological polar surface area (TPSA) is 72.7 Å². The van der Waals surface area contributed by atoms with Crippen molar-refractivity contribution in [2.75, 3.05) is 11.1 Å². The molecule has 5 aromatic rings. The van der Waals surface area contributed by atoms with Crippen LogP contribution in [-0.2, 0) is 11.2 Å². The van der Waals surface area contributed by atoms with Gasteiger partial charge in [0.2, 0.25) is 5.91 Å². The average molecular weight is 532 g/mol. The Morgan fingerprint density at radius 1 is 1.00 bits per heavy atom. The summed E-state index contributed by atoms with van der Waals surface area (Å²) in [7, 11) is 0. The van der Waals surface area contributed by atoms with Crippen molar-refractivity contribution in [2.24, 2.45) is 0 Å². The smallest absolute Gasteiger partial charge is 0.236 e. The number of hydrogen-bond acceptors (Lipinski definition) is 6. The number of nitrogens with zero attached hydrogens (tertiary/aromatic N) is 4. The number of carbonyl (C=O) groups is 1. The zero-order valence-electron chi connectivity index (χ0n) is 19.4. The number of nitrogens with one attached hydrogen (secondary N) is 1. The number of amides is 1. The van der Waals surface area contributed by atoms with E-state index in [1.54, 1.807) is 6.20 Å². The van der Waals surface area contributed by atoms with Crippen LogP contribution in [-0.4, -0.2) is 31.4 Å². The number of halogens is 1. The predicted octanol–water partition coefficient (Wildman–Crippen LogP) is 6.67. The fourth-order valence-electron chi connectivity index (χ4n) is 3.60. The Kier molecular flexibility index (Phi) is 7.46. The lowest BCUT2D eigenvalue weighted by Gasteiger charge is -2.10. The molecular weight excluding hydrogens is 510 g/mol. The van der Waals surface area contributed by atoms with E-state index >= 15 is 0 Å². The Bertz CT molecular complexity index is 1460. The maximum absolute atomic E-state index is 12.7. The number of thioether (sulfide) groups is 1. The molecule has 36 heavy (non-hydrogen) atoms. The first-order chi connectivity index (χ1) is 17.5. The molecule has 0 aliphatic rings. The van der Waals surface area contributed by atoms with E-state index in [0.717, 1.165) is 33.9 Å². The van der Waals surface area contributed by atoms with Gasteiger partial charge in [-0.2, -0.15) is 0 Å². The zero-order valence-corrected chi connectivity index (χ0v) is 21.8. The van der Waals surface area contributed by atoms with Crippen LogP contribution in [0.1, 0.15) is 16.0 Å². The number of anilines is 1. The molecule has 1 amide bonds. The quantitative estimate of drug-likeness (QED) is 0.226. The molecule has 2 heterocycles. The molecule has 6 nitrogen and oxygen atoms in total. The first-order valence-electron chi connectivity index (χ1n) is 11.2. The summed E-state index contributed by atoms with van der Waals surface area (Å²) in [5.74, 6) is 0.770. The highest BCUT2D eigenvalue weighted by atomic mass is 35.5. The number of aromatic nitrogens is 4. The van der Waals surface area contributed by atoms with Crippen molar-refractivity contribution < 1.29 is 4.79 Å². The second-order valence-corrected chi connectivity index (χ2v) is 10.6. The van der Waals surface area contributed by atoms with Gasteiger partial charge in [0.25, 0.3) is 0 Å². The first kappa shape index (κ1) is 24.2. The lowest BCUT2D eigenvalue weighted by atomic mass is 10.1. The standard InChI is InChI=1S/C27H22ClN5OS2/c1-18-7-13-22(14-8-18)33-25(20-5-3-2-4-6-20)31-32-27(33)35-17-24(34)30-26-29-16-23(36-26)15-19-9-11-21(28)12-10-19/h2-14,16H,15,17H2,1H3,(H,29,30,34). The van der Waals surface area contributed by atoms with Crippen LogP contribution in [0.4, 0.5) is 5.13 Å². The van der Waals surface area contributed by atoms with Gasteiger partial charge in [0, 0.05) is 33.8 Å². The second kappa shape index (κ2) is 11.1. The van der Waals surface area contributed by atoms with Gasteiger partial charge < -0.3 is 5.32 Å². The first-order valence-corrected chi connectivity index (χ1v) is 13.4. The highest BCUT2D eigenvalue weighted by Gasteiger charge is 2.17. The molecule has 1 N–H and O–H groups in total. The van der Waals surface area contributed by atoms with E-state index in [4.69, 9.17) is 11.6 Å². The summed E-state index contributed by atoms with van der Waals surface area (Å²) in [6.45, 7) is 2.05. The van der Waals surface area contributed by atoms with Crippen LogP contribution in [0.15, 0.2) is 90.2 Å². The molecule has 5 rings (SSSR count). The number of carbonyl (C=O) groups excluding carboxylic acids is 1. The van der Waals surface area contributed by atoms with Crippen molar-refractivity contribution in [3.05, 3.63) is 106 Å². The number of rotatable bonds is 8. The highest BCUT2D eigenvalue weighted by molar-refractivity contribution is 7.99. The molecule has 0 spiro atoms. The van der Waals surface area contributed by atoms with E-state index in [9.17, 15) is 4.79 Å². The fourth-order valence-corrected chi connectivity index (χ4v) is 5.34. The third kappa shape index (κ3) is 5.84. The lowest BCUT2D eigenvalue weighted by Crippen LogP contribution is -2.14. The summed E-state index contributed by atoms with van der Waals surface area (Å²) in [6.07, 6.45) is 2.53. The molecule has 3 aromatic carbocycles. The Morgan fingerprint density at radius 2 is 1.75 bits per heavy atom. The molecule has 180 valence electrons. The Labute approximate surface area is 222 Å². The summed E-state index contributed by atoms with van der Waals surface area (Å²) in [4.78, 5) is 18.1. The molecule has 0 saturated carbocycles. The van der Waals surface area contributed by atoms with Crippen LogP contribution in [0, 0.1) is 6.92 Å². The molecule has 0 saturated heterocycles. The van der Waals surface area contributed by atoms with Gasteiger partial charge in [0.15, 0.2) is 16.1 Å². The minimum atomic E-state index is -0.146. The Hall–Kier alpha value is -3.46. The molecule has 2 aromatic heterocycles. The summed E-state index contributed by atoms with van der Waals surface area (Å²) in [5.41, 5.74) is 4.21. The van der Waals surface area contributed by atoms with E-state index < -0.39 is 0 Å². The van der Waals surface area contributed by atoms with Gasteiger partial charge in [-0.05, 0) is 36.8 Å². The molecule has 0 fully saturated rings. The zero-order chi connectivity index (χ0) is 24.9. The van der Waals surface area contributed by atoms with Crippen LogP contribution in [0.2, 0.25) is 5.02 Å². The van der Waals surface area contributed by atoms with Crippen molar-refractivity contribution in [3.63, 3.8) is 0 Å². The van der Waals surface area contributed by atoms with Gasteiger partial charge in [0.05, 0.1) is 5.75 Å². The third-order valence-corrected chi connectivity index (χ3v) is 7.48. The largest absolute Gasteiger partial charge is 0.301 e. The average Bonchev–Trinajstić information content (AvgIpc) is 3.52. The van der Waals surface area contributed by atoms with Gasteiger partial charge in [-0.15, -0.1) is 21.5 Å². The van der Waals surface area contributed by atoms with Crippen LogP contribution < -0.4 is 5.32 Å². The molecule has 0 aliphatic carbocycles. The third-order valence-electron chi connectivity index (χ3n) is 5.38.